The van der Waals surface area contributed by atoms with Crippen LogP contribution in [0.2, 0.25) is 0 Å². The standard InChI is InChI=1S/C6H13N3O2/c10-9-11-8-6-4-2-1-3-5-7-6/h9-10H,1-5H2,(H,7,8). The lowest BCUT2D eigenvalue weighted by atomic mass is 10.2. The Hall–Kier alpha value is -0.650. The Balaban J connectivity index is 2.23. The van der Waals surface area contributed by atoms with Crippen molar-refractivity contribution < 1.29 is 10.1 Å². The summed E-state index contributed by atoms with van der Waals surface area (Å²) in [5, 5.41) is 8.08. The van der Waals surface area contributed by atoms with Gasteiger partial charge in [-0.3, -0.25) is 10.2 Å². The van der Waals surface area contributed by atoms with Crippen molar-refractivity contribution in [2.24, 2.45) is 4.99 Å². The molecule has 0 saturated heterocycles. The van der Waals surface area contributed by atoms with Gasteiger partial charge in [0, 0.05) is 13.0 Å². The van der Waals surface area contributed by atoms with E-state index in [1.807, 2.05) is 0 Å². The average Bonchev–Trinajstić information content (AvgIpc) is 2.28. The highest BCUT2D eigenvalue weighted by molar-refractivity contribution is 5.81. The van der Waals surface area contributed by atoms with E-state index in [-0.39, 0.29) is 0 Å². The van der Waals surface area contributed by atoms with Gasteiger partial charge in [-0.1, -0.05) is 12.1 Å². The van der Waals surface area contributed by atoms with Gasteiger partial charge in [0.15, 0.2) is 0 Å². The minimum Gasteiger partial charge on any atom is -0.290 e. The van der Waals surface area contributed by atoms with E-state index >= 15 is 0 Å². The largest absolute Gasteiger partial charge is 0.290 e. The second-order valence-electron chi connectivity index (χ2n) is 2.43. The molecule has 5 nitrogen and oxygen atoms in total. The SMILES string of the molecule is ONONC1=NCCCCC1. The molecule has 3 N–H and O–H groups in total. The Morgan fingerprint density at radius 2 is 2.27 bits per heavy atom. The summed E-state index contributed by atoms with van der Waals surface area (Å²) >= 11 is 0. The molecule has 0 spiro atoms. The molecular weight excluding hydrogens is 146 g/mol. The summed E-state index contributed by atoms with van der Waals surface area (Å²) in [4.78, 5) is 8.54. The van der Waals surface area contributed by atoms with Crippen LogP contribution in [0.15, 0.2) is 4.99 Å². The first-order valence-corrected chi connectivity index (χ1v) is 3.78. The molecule has 1 aliphatic rings. The molecule has 1 rings (SSSR count). The van der Waals surface area contributed by atoms with Crippen molar-refractivity contribution in [3.63, 3.8) is 0 Å². The third-order valence-electron chi connectivity index (χ3n) is 1.59. The fourth-order valence-corrected chi connectivity index (χ4v) is 1.04. The van der Waals surface area contributed by atoms with Crippen molar-refractivity contribution in [2.75, 3.05) is 6.54 Å². The zero-order valence-electron chi connectivity index (χ0n) is 6.34. The molecule has 0 fully saturated rings. The van der Waals surface area contributed by atoms with Gasteiger partial charge >= 0.3 is 0 Å². The van der Waals surface area contributed by atoms with Crippen molar-refractivity contribution in [3.8, 4) is 0 Å². The molecule has 1 heterocycles. The quantitative estimate of drug-likeness (QED) is 0.509. The Morgan fingerprint density at radius 3 is 3.09 bits per heavy atom. The zero-order chi connectivity index (χ0) is 7.94. The van der Waals surface area contributed by atoms with Gasteiger partial charge in [-0.05, 0) is 12.8 Å². The van der Waals surface area contributed by atoms with Gasteiger partial charge in [0.1, 0.15) is 5.84 Å². The summed E-state index contributed by atoms with van der Waals surface area (Å²) in [5.41, 5.74) is 4.04. The lowest BCUT2D eigenvalue weighted by Crippen LogP contribution is -2.29. The monoisotopic (exact) mass is 159 g/mol. The molecule has 0 atom stereocenters. The van der Waals surface area contributed by atoms with Crippen molar-refractivity contribution in [1.29, 1.82) is 0 Å². The summed E-state index contributed by atoms with van der Waals surface area (Å²) in [6.07, 6.45) is 4.36. The number of hydroxylamine groups is 1. The number of hydrogen-bond acceptors (Lipinski definition) is 5. The highest BCUT2D eigenvalue weighted by Crippen LogP contribution is 2.05. The van der Waals surface area contributed by atoms with Crippen molar-refractivity contribution in [3.05, 3.63) is 0 Å². The zero-order valence-corrected chi connectivity index (χ0v) is 6.34. The topological polar surface area (TPSA) is 65.9 Å². The summed E-state index contributed by atoms with van der Waals surface area (Å²) in [6, 6.07) is 0. The molecule has 0 aromatic rings. The summed E-state index contributed by atoms with van der Waals surface area (Å²) in [7, 11) is 0. The molecule has 0 saturated carbocycles. The molecule has 64 valence electrons. The minimum atomic E-state index is 0.795. The van der Waals surface area contributed by atoms with Crippen LogP contribution in [-0.4, -0.2) is 17.6 Å². The molecule has 0 amide bonds. The molecule has 11 heavy (non-hydrogen) atoms. The van der Waals surface area contributed by atoms with E-state index in [0.717, 1.165) is 31.6 Å². The first kappa shape index (κ1) is 8.45. The van der Waals surface area contributed by atoms with E-state index in [9.17, 15) is 0 Å². The normalized spacial score (nSPS) is 18.8. The first-order valence-electron chi connectivity index (χ1n) is 3.78. The van der Waals surface area contributed by atoms with Gasteiger partial charge in [-0.15, -0.1) is 0 Å². The lowest BCUT2D eigenvalue weighted by Gasteiger charge is -2.04. The Labute approximate surface area is 65.3 Å². The highest BCUT2D eigenvalue weighted by atomic mass is 16.9. The smallest absolute Gasteiger partial charge is 0.122 e. The molecule has 0 aromatic carbocycles. The van der Waals surface area contributed by atoms with Gasteiger partial charge in [0.2, 0.25) is 0 Å². The van der Waals surface area contributed by atoms with Gasteiger partial charge in [0.05, 0.1) is 0 Å². The minimum absolute atomic E-state index is 0.795. The molecular formula is C6H13N3O2. The van der Waals surface area contributed by atoms with Crippen LogP contribution in [0, 0.1) is 0 Å². The van der Waals surface area contributed by atoms with Crippen molar-refractivity contribution in [2.45, 2.75) is 25.7 Å². The second-order valence-corrected chi connectivity index (χ2v) is 2.43. The average molecular weight is 159 g/mol. The van der Waals surface area contributed by atoms with Crippen LogP contribution in [0.1, 0.15) is 25.7 Å². The molecule has 0 aromatic heterocycles. The molecule has 0 bridgehead atoms. The number of amidine groups is 1. The first-order chi connectivity index (χ1) is 5.43. The van der Waals surface area contributed by atoms with Crippen LogP contribution in [0.25, 0.3) is 0 Å². The van der Waals surface area contributed by atoms with Crippen molar-refractivity contribution in [1.82, 2.24) is 11.1 Å². The van der Waals surface area contributed by atoms with Crippen LogP contribution in [0.4, 0.5) is 0 Å². The lowest BCUT2D eigenvalue weighted by molar-refractivity contribution is -0.155. The number of nitrogens with zero attached hydrogens (tertiary/aromatic N) is 1. The van der Waals surface area contributed by atoms with Gasteiger partial charge in [-0.25, -0.2) is 5.48 Å². The van der Waals surface area contributed by atoms with Crippen molar-refractivity contribution >= 4 is 5.84 Å². The number of rotatable bonds is 2. The van der Waals surface area contributed by atoms with Gasteiger partial charge in [0.25, 0.3) is 0 Å². The summed E-state index contributed by atoms with van der Waals surface area (Å²) < 4.78 is 0. The maximum Gasteiger partial charge on any atom is 0.122 e. The van der Waals surface area contributed by atoms with Gasteiger partial charge < -0.3 is 0 Å². The molecule has 0 unspecified atom stereocenters. The maximum atomic E-state index is 8.08. The van der Waals surface area contributed by atoms with E-state index < -0.39 is 0 Å². The number of aliphatic imine (C=N–C) groups is 1. The molecule has 0 radical (unpaired) electrons. The second kappa shape index (κ2) is 5.06. The maximum absolute atomic E-state index is 8.08. The third kappa shape index (κ3) is 3.31. The highest BCUT2D eigenvalue weighted by Gasteiger charge is 2.02. The van der Waals surface area contributed by atoms with Crippen LogP contribution < -0.4 is 11.1 Å². The fraction of sp³-hybridized carbons (Fsp3) is 0.833. The Bertz CT molecular complexity index is 138. The summed E-state index contributed by atoms with van der Waals surface area (Å²) in [6.45, 7) is 0.844. The van der Waals surface area contributed by atoms with E-state index in [1.165, 1.54) is 6.42 Å². The Morgan fingerprint density at radius 1 is 1.36 bits per heavy atom. The van der Waals surface area contributed by atoms with Gasteiger partial charge in [-0.2, -0.15) is 4.94 Å². The van der Waals surface area contributed by atoms with E-state index in [0.29, 0.717) is 0 Å². The van der Waals surface area contributed by atoms with E-state index in [1.54, 1.807) is 5.64 Å². The molecule has 5 heteroatoms. The molecule has 0 aliphatic carbocycles. The van der Waals surface area contributed by atoms with Crippen LogP contribution in [-0.2, 0) is 4.94 Å². The van der Waals surface area contributed by atoms with Crippen LogP contribution in [0.3, 0.4) is 0 Å². The molecule has 1 aliphatic heterocycles. The van der Waals surface area contributed by atoms with Crippen LogP contribution in [0.5, 0.6) is 0 Å². The van der Waals surface area contributed by atoms with Crippen LogP contribution >= 0.6 is 0 Å². The number of hydrogen-bond donors (Lipinski definition) is 3. The Kier molecular flexibility index (Phi) is 3.89. The van der Waals surface area contributed by atoms with E-state index in [4.69, 9.17) is 5.21 Å². The predicted octanol–water partition coefficient (Wildman–Crippen LogP) is 0.374. The predicted molar refractivity (Wildman–Crippen MR) is 39.9 cm³/mol. The fourth-order valence-electron chi connectivity index (χ4n) is 1.04. The number of nitrogens with one attached hydrogen (secondary N) is 2. The van der Waals surface area contributed by atoms with E-state index in [2.05, 4.69) is 15.4 Å². The summed E-state index contributed by atoms with van der Waals surface area (Å²) in [5.74, 6) is 0.795. The third-order valence-corrected chi connectivity index (χ3v) is 1.59.